The second-order valence-corrected chi connectivity index (χ2v) is 4.87. The molecule has 5 nitrogen and oxygen atoms in total. The van der Waals surface area contributed by atoms with E-state index >= 15 is 0 Å². The van der Waals surface area contributed by atoms with Crippen LogP contribution in [0.1, 0.15) is 33.1 Å². The van der Waals surface area contributed by atoms with E-state index in [2.05, 4.69) is 12.2 Å². The smallest absolute Gasteiger partial charge is 0.409 e. The molecule has 1 amide bonds. The van der Waals surface area contributed by atoms with Crippen LogP contribution in [0.15, 0.2) is 0 Å². The Morgan fingerprint density at radius 2 is 2.22 bits per heavy atom. The number of rotatable bonds is 6. The number of aliphatic hydroxyl groups excluding tert-OH is 1. The molecule has 0 radical (unpaired) electrons. The fraction of sp³-hybridized carbons (Fsp3) is 0.923. The van der Waals surface area contributed by atoms with Crippen LogP contribution in [0.4, 0.5) is 4.79 Å². The van der Waals surface area contributed by atoms with Crippen molar-refractivity contribution in [1.82, 2.24) is 10.2 Å². The van der Waals surface area contributed by atoms with Gasteiger partial charge in [-0.2, -0.15) is 0 Å². The minimum absolute atomic E-state index is 0.182. The lowest BCUT2D eigenvalue weighted by Gasteiger charge is -2.37. The van der Waals surface area contributed by atoms with E-state index in [0.717, 1.165) is 25.8 Å². The monoisotopic (exact) mass is 258 g/mol. The van der Waals surface area contributed by atoms with Gasteiger partial charge in [0.25, 0.3) is 0 Å². The van der Waals surface area contributed by atoms with Gasteiger partial charge in [-0.15, -0.1) is 0 Å². The van der Waals surface area contributed by atoms with E-state index in [4.69, 9.17) is 9.84 Å². The highest BCUT2D eigenvalue weighted by atomic mass is 16.6. The Hall–Kier alpha value is -0.810. The lowest BCUT2D eigenvalue weighted by atomic mass is 9.92. The summed E-state index contributed by atoms with van der Waals surface area (Å²) in [6.45, 7) is 6.91. The third-order valence-corrected chi connectivity index (χ3v) is 3.28. The van der Waals surface area contributed by atoms with E-state index in [1.54, 1.807) is 4.90 Å². The Labute approximate surface area is 109 Å². The molecule has 1 fully saturated rings. The summed E-state index contributed by atoms with van der Waals surface area (Å²) in [5.74, 6) is 0.363. The molecule has 1 aliphatic heterocycles. The molecule has 1 rings (SSSR count). The van der Waals surface area contributed by atoms with Crippen LogP contribution in [0.2, 0.25) is 0 Å². The summed E-state index contributed by atoms with van der Waals surface area (Å²) < 4.78 is 5.06. The molecule has 2 unspecified atom stereocenters. The molecular weight excluding hydrogens is 232 g/mol. The van der Waals surface area contributed by atoms with E-state index in [1.807, 2.05) is 6.92 Å². The zero-order valence-electron chi connectivity index (χ0n) is 11.5. The zero-order chi connectivity index (χ0) is 13.4. The second-order valence-electron chi connectivity index (χ2n) is 4.87. The molecule has 0 saturated carbocycles. The van der Waals surface area contributed by atoms with Crippen LogP contribution in [0, 0.1) is 5.92 Å². The first-order chi connectivity index (χ1) is 8.71. The van der Waals surface area contributed by atoms with Crippen molar-refractivity contribution in [2.24, 2.45) is 5.92 Å². The molecule has 2 N–H and O–H groups in total. The van der Waals surface area contributed by atoms with Crippen molar-refractivity contribution in [3.8, 4) is 0 Å². The van der Waals surface area contributed by atoms with Gasteiger partial charge >= 0.3 is 6.09 Å². The Morgan fingerprint density at radius 1 is 1.44 bits per heavy atom. The number of carbonyl (C=O) groups excluding carboxylic acids is 1. The number of aliphatic hydroxyl groups is 1. The Balaban J connectivity index is 2.52. The lowest BCUT2D eigenvalue weighted by Crippen LogP contribution is -2.51. The van der Waals surface area contributed by atoms with Crippen molar-refractivity contribution >= 4 is 6.09 Å². The maximum absolute atomic E-state index is 11.8. The van der Waals surface area contributed by atoms with Crippen LogP contribution in [0.5, 0.6) is 0 Å². The number of likely N-dealkylation sites (tertiary alicyclic amines) is 1. The van der Waals surface area contributed by atoms with Crippen molar-refractivity contribution in [2.45, 2.75) is 39.2 Å². The van der Waals surface area contributed by atoms with Crippen LogP contribution in [0.3, 0.4) is 0 Å². The Kier molecular flexibility index (Phi) is 7.05. The predicted molar refractivity (Wildman–Crippen MR) is 70.5 cm³/mol. The fourth-order valence-electron chi connectivity index (χ4n) is 2.46. The molecule has 0 aromatic carbocycles. The molecule has 0 bridgehead atoms. The van der Waals surface area contributed by atoms with Crippen LogP contribution < -0.4 is 5.32 Å². The number of ether oxygens (including phenoxy) is 1. The highest BCUT2D eigenvalue weighted by Gasteiger charge is 2.29. The maximum atomic E-state index is 11.8. The molecule has 0 aromatic rings. The third-order valence-electron chi connectivity index (χ3n) is 3.28. The molecule has 106 valence electrons. The summed E-state index contributed by atoms with van der Waals surface area (Å²) in [5, 5.41) is 12.5. The lowest BCUT2D eigenvalue weighted by molar-refractivity contribution is 0.0735. The van der Waals surface area contributed by atoms with E-state index in [9.17, 15) is 4.79 Å². The molecule has 0 aromatic heterocycles. The summed E-state index contributed by atoms with van der Waals surface area (Å²) in [6.07, 6.45) is 2.63. The average molecular weight is 258 g/mol. The molecular formula is C13H26N2O3. The van der Waals surface area contributed by atoms with Crippen LogP contribution in [-0.4, -0.2) is 55.0 Å². The number of nitrogens with one attached hydrogen (secondary N) is 1. The van der Waals surface area contributed by atoms with Gasteiger partial charge < -0.3 is 20.1 Å². The van der Waals surface area contributed by atoms with E-state index < -0.39 is 0 Å². The molecule has 1 heterocycles. The van der Waals surface area contributed by atoms with Crippen LogP contribution in [0.25, 0.3) is 0 Å². The van der Waals surface area contributed by atoms with Gasteiger partial charge in [-0.1, -0.05) is 6.92 Å². The summed E-state index contributed by atoms with van der Waals surface area (Å²) in [4.78, 5) is 13.5. The van der Waals surface area contributed by atoms with Crippen LogP contribution in [-0.2, 0) is 4.74 Å². The van der Waals surface area contributed by atoms with Gasteiger partial charge in [0.1, 0.15) is 0 Å². The highest BCUT2D eigenvalue weighted by Crippen LogP contribution is 2.20. The first-order valence-corrected chi connectivity index (χ1v) is 6.97. The molecule has 18 heavy (non-hydrogen) atoms. The summed E-state index contributed by atoms with van der Waals surface area (Å²) in [7, 11) is 0. The van der Waals surface area contributed by atoms with Crippen molar-refractivity contribution in [3.05, 3.63) is 0 Å². The molecule has 0 spiro atoms. The van der Waals surface area contributed by atoms with Gasteiger partial charge in [0.15, 0.2) is 0 Å². The first-order valence-electron chi connectivity index (χ1n) is 6.97. The van der Waals surface area contributed by atoms with Crippen molar-refractivity contribution in [3.63, 3.8) is 0 Å². The van der Waals surface area contributed by atoms with Gasteiger partial charge in [-0.3, -0.25) is 0 Å². The molecule has 1 saturated heterocycles. The minimum Gasteiger partial charge on any atom is -0.450 e. The topological polar surface area (TPSA) is 61.8 Å². The number of nitrogens with zero attached hydrogens (tertiary/aromatic N) is 1. The predicted octanol–water partition coefficient (Wildman–Crippen LogP) is 1.22. The van der Waals surface area contributed by atoms with Crippen molar-refractivity contribution < 1.29 is 14.6 Å². The largest absolute Gasteiger partial charge is 0.450 e. The molecule has 5 heteroatoms. The number of hydrogen-bond acceptors (Lipinski definition) is 4. The van der Waals surface area contributed by atoms with Gasteiger partial charge in [0, 0.05) is 25.7 Å². The highest BCUT2D eigenvalue weighted by molar-refractivity contribution is 5.67. The number of hydrogen-bond donors (Lipinski definition) is 2. The quantitative estimate of drug-likeness (QED) is 0.752. The van der Waals surface area contributed by atoms with E-state index in [0.29, 0.717) is 31.7 Å². The van der Waals surface area contributed by atoms with Crippen molar-refractivity contribution in [1.29, 1.82) is 0 Å². The van der Waals surface area contributed by atoms with Gasteiger partial charge in [-0.05, 0) is 38.6 Å². The summed E-state index contributed by atoms with van der Waals surface area (Å²) in [6, 6.07) is 0.319. The standard InChI is InChI=1S/C13H26N2O3/c1-3-6-14-12-8-11(5-7-16)9-15(10-12)13(17)18-4-2/h11-12,14,16H,3-10H2,1-2H3. The average Bonchev–Trinajstić information content (AvgIpc) is 2.37. The molecule has 0 aliphatic carbocycles. The zero-order valence-corrected chi connectivity index (χ0v) is 11.5. The van der Waals surface area contributed by atoms with E-state index in [1.165, 1.54) is 0 Å². The normalized spacial score (nSPS) is 24.1. The first kappa shape index (κ1) is 15.2. The second kappa shape index (κ2) is 8.32. The van der Waals surface area contributed by atoms with Gasteiger partial charge in [-0.25, -0.2) is 4.79 Å². The fourth-order valence-corrected chi connectivity index (χ4v) is 2.46. The summed E-state index contributed by atoms with van der Waals surface area (Å²) in [5.41, 5.74) is 0. The Morgan fingerprint density at radius 3 is 2.83 bits per heavy atom. The number of carbonyl (C=O) groups is 1. The maximum Gasteiger partial charge on any atom is 0.409 e. The molecule has 2 atom stereocenters. The van der Waals surface area contributed by atoms with Gasteiger partial charge in [0.2, 0.25) is 0 Å². The van der Waals surface area contributed by atoms with E-state index in [-0.39, 0.29) is 12.7 Å². The van der Waals surface area contributed by atoms with Crippen LogP contribution >= 0.6 is 0 Å². The Bertz CT molecular complexity index is 248. The minimum atomic E-state index is -0.233. The SMILES string of the molecule is CCCNC1CC(CCO)CN(C(=O)OCC)C1. The number of piperidine rings is 1. The van der Waals surface area contributed by atoms with Gasteiger partial charge in [0.05, 0.1) is 6.61 Å². The number of amides is 1. The third kappa shape index (κ3) is 4.82. The molecule has 1 aliphatic rings. The van der Waals surface area contributed by atoms with Crippen molar-refractivity contribution in [2.75, 3.05) is 32.8 Å². The summed E-state index contributed by atoms with van der Waals surface area (Å²) >= 11 is 0.